The minimum Gasteiger partial charge on any atom is -0.377 e. The second-order valence-corrected chi connectivity index (χ2v) is 6.27. The van der Waals surface area contributed by atoms with Crippen LogP contribution in [0.25, 0.3) is 0 Å². The predicted octanol–water partition coefficient (Wildman–Crippen LogP) is 0.721. The summed E-state index contributed by atoms with van der Waals surface area (Å²) in [6.45, 7) is 2.82. The molecule has 1 aromatic carbocycles. The zero-order chi connectivity index (χ0) is 16.4. The Morgan fingerprint density at radius 3 is 2.43 bits per heavy atom. The molecule has 2 fully saturated rings. The summed E-state index contributed by atoms with van der Waals surface area (Å²) in [6, 6.07) is 6.99. The minimum absolute atomic E-state index is 0.00498. The predicted molar refractivity (Wildman–Crippen MR) is 86.3 cm³/mol. The second kappa shape index (κ2) is 6.68. The molecule has 0 bridgehead atoms. The number of hydrogen-bond acceptors (Lipinski definition) is 4. The van der Waals surface area contributed by atoms with E-state index >= 15 is 0 Å². The Balaban J connectivity index is 1.79. The van der Waals surface area contributed by atoms with Gasteiger partial charge in [0.1, 0.15) is 0 Å². The average Bonchev–Trinajstić information content (AvgIpc) is 3.00. The van der Waals surface area contributed by atoms with Crippen LogP contribution in [-0.2, 0) is 4.74 Å². The van der Waals surface area contributed by atoms with Crippen LogP contribution in [0.5, 0.6) is 0 Å². The van der Waals surface area contributed by atoms with Crippen LogP contribution in [0.2, 0.25) is 0 Å². The number of primary amides is 1. The number of carbonyl (C=O) groups is 2. The molecule has 0 saturated carbocycles. The number of hydrogen-bond donors (Lipinski definition) is 1. The summed E-state index contributed by atoms with van der Waals surface area (Å²) in [4.78, 5) is 28.3. The van der Waals surface area contributed by atoms with Crippen LogP contribution in [0, 0.1) is 0 Å². The highest BCUT2D eigenvalue weighted by Crippen LogP contribution is 2.25. The summed E-state index contributed by atoms with van der Waals surface area (Å²) in [5, 5.41) is 0. The maximum Gasteiger partial charge on any atom is 0.254 e. The highest BCUT2D eigenvalue weighted by Gasteiger charge is 2.37. The van der Waals surface area contributed by atoms with E-state index in [9.17, 15) is 9.59 Å². The van der Waals surface area contributed by atoms with Crippen LogP contribution in [0.1, 0.15) is 33.6 Å². The fourth-order valence-corrected chi connectivity index (χ4v) is 3.56. The lowest BCUT2D eigenvalue weighted by molar-refractivity contribution is -0.0233. The van der Waals surface area contributed by atoms with E-state index < -0.39 is 5.91 Å². The number of carbonyl (C=O) groups excluding carboxylic acids is 2. The van der Waals surface area contributed by atoms with Gasteiger partial charge in [0, 0.05) is 23.7 Å². The molecule has 6 heteroatoms. The van der Waals surface area contributed by atoms with Crippen molar-refractivity contribution in [2.75, 3.05) is 33.4 Å². The van der Waals surface area contributed by atoms with Gasteiger partial charge in [-0.2, -0.15) is 0 Å². The van der Waals surface area contributed by atoms with Gasteiger partial charge in [-0.05, 0) is 50.7 Å². The normalized spacial score (nSPS) is 25.5. The summed E-state index contributed by atoms with van der Waals surface area (Å²) < 4.78 is 5.63. The van der Waals surface area contributed by atoms with Gasteiger partial charge in [-0.15, -0.1) is 0 Å². The summed E-state index contributed by atoms with van der Waals surface area (Å²) in [7, 11) is 2.11. The lowest BCUT2D eigenvalue weighted by atomic mass is 10.0. The molecule has 0 radical (unpaired) electrons. The summed E-state index contributed by atoms with van der Waals surface area (Å²) >= 11 is 0. The maximum absolute atomic E-state index is 12.9. The molecule has 0 aromatic heterocycles. The van der Waals surface area contributed by atoms with Gasteiger partial charge in [-0.25, -0.2) is 0 Å². The van der Waals surface area contributed by atoms with Crippen molar-refractivity contribution in [2.45, 2.75) is 24.9 Å². The van der Waals surface area contributed by atoms with Crippen molar-refractivity contribution in [1.82, 2.24) is 9.80 Å². The molecule has 0 unspecified atom stereocenters. The van der Waals surface area contributed by atoms with Gasteiger partial charge >= 0.3 is 0 Å². The lowest BCUT2D eigenvalue weighted by Gasteiger charge is -2.41. The van der Waals surface area contributed by atoms with Crippen molar-refractivity contribution in [3.05, 3.63) is 35.4 Å². The van der Waals surface area contributed by atoms with Crippen LogP contribution < -0.4 is 5.73 Å². The molecule has 2 amide bonds. The third-order valence-electron chi connectivity index (χ3n) is 4.86. The standard InChI is InChI=1S/C17H23N3O3/c1-19-8-2-3-14(19)15-11-23-10-9-20(15)17(22)13-6-4-12(5-7-13)16(18)21/h4-7,14-15H,2-3,8-11H2,1H3,(H2,18,21)/t14-,15-/m0/s1. The van der Waals surface area contributed by atoms with Gasteiger partial charge in [0.05, 0.1) is 19.3 Å². The molecule has 23 heavy (non-hydrogen) atoms. The van der Waals surface area contributed by atoms with Gasteiger partial charge in [0.15, 0.2) is 0 Å². The number of morpholine rings is 1. The zero-order valence-corrected chi connectivity index (χ0v) is 13.4. The smallest absolute Gasteiger partial charge is 0.254 e. The minimum atomic E-state index is -0.485. The van der Waals surface area contributed by atoms with Gasteiger partial charge in [0.2, 0.25) is 5.91 Å². The van der Waals surface area contributed by atoms with Crippen LogP contribution in [0.4, 0.5) is 0 Å². The monoisotopic (exact) mass is 317 g/mol. The van der Waals surface area contributed by atoms with Crippen molar-refractivity contribution >= 4 is 11.8 Å². The molecule has 2 atom stereocenters. The Morgan fingerprint density at radius 1 is 1.13 bits per heavy atom. The molecule has 1 aromatic rings. The second-order valence-electron chi connectivity index (χ2n) is 6.27. The molecule has 2 heterocycles. The number of benzene rings is 1. The number of rotatable bonds is 3. The molecular weight excluding hydrogens is 294 g/mol. The molecule has 0 aliphatic carbocycles. The molecule has 2 N–H and O–H groups in total. The summed E-state index contributed by atoms with van der Waals surface area (Å²) in [6.07, 6.45) is 2.25. The van der Waals surface area contributed by atoms with Crippen LogP contribution in [0.3, 0.4) is 0 Å². The van der Waals surface area contributed by atoms with Crippen LogP contribution in [0.15, 0.2) is 24.3 Å². The summed E-state index contributed by atoms with van der Waals surface area (Å²) in [5.41, 5.74) is 6.24. The van der Waals surface area contributed by atoms with E-state index in [1.807, 2.05) is 4.90 Å². The maximum atomic E-state index is 12.9. The number of nitrogens with two attached hydrogens (primary N) is 1. The van der Waals surface area contributed by atoms with Crippen LogP contribution >= 0.6 is 0 Å². The van der Waals surface area contributed by atoms with Crippen molar-refractivity contribution in [1.29, 1.82) is 0 Å². The van der Waals surface area contributed by atoms with E-state index in [4.69, 9.17) is 10.5 Å². The van der Waals surface area contributed by atoms with E-state index in [2.05, 4.69) is 11.9 Å². The number of amides is 2. The van der Waals surface area contributed by atoms with E-state index in [0.29, 0.717) is 36.9 Å². The van der Waals surface area contributed by atoms with Crippen molar-refractivity contribution in [2.24, 2.45) is 5.73 Å². The third-order valence-corrected chi connectivity index (χ3v) is 4.86. The molecule has 6 nitrogen and oxygen atoms in total. The first kappa shape index (κ1) is 16.0. The van der Waals surface area contributed by atoms with E-state index in [-0.39, 0.29) is 11.9 Å². The fourth-order valence-electron chi connectivity index (χ4n) is 3.56. The molecule has 2 aliphatic heterocycles. The largest absolute Gasteiger partial charge is 0.377 e. The number of likely N-dealkylation sites (tertiary alicyclic amines) is 1. The highest BCUT2D eigenvalue weighted by atomic mass is 16.5. The van der Waals surface area contributed by atoms with Gasteiger partial charge in [-0.1, -0.05) is 0 Å². The summed E-state index contributed by atoms with van der Waals surface area (Å²) in [5.74, 6) is -0.490. The number of nitrogens with zero attached hydrogens (tertiary/aromatic N) is 2. The Morgan fingerprint density at radius 2 is 1.83 bits per heavy atom. The van der Waals surface area contributed by atoms with E-state index in [0.717, 1.165) is 19.4 Å². The van der Waals surface area contributed by atoms with Crippen molar-refractivity contribution in [3.63, 3.8) is 0 Å². The Bertz CT molecular complexity index is 587. The van der Waals surface area contributed by atoms with Gasteiger partial charge in [-0.3, -0.25) is 9.59 Å². The van der Waals surface area contributed by atoms with Crippen molar-refractivity contribution in [3.8, 4) is 0 Å². The highest BCUT2D eigenvalue weighted by molar-refractivity contribution is 5.97. The molecule has 124 valence electrons. The first-order valence-electron chi connectivity index (χ1n) is 8.07. The van der Waals surface area contributed by atoms with Gasteiger partial charge in [0.25, 0.3) is 5.91 Å². The third kappa shape index (κ3) is 3.23. The quantitative estimate of drug-likeness (QED) is 0.891. The Kier molecular flexibility index (Phi) is 4.63. The molecule has 3 rings (SSSR count). The average molecular weight is 317 g/mol. The lowest BCUT2D eigenvalue weighted by Crippen LogP contribution is -2.56. The number of likely N-dealkylation sites (N-methyl/N-ethyl adjacent to an activating group) is 1. The SMILES string of the molecule is CN1CCC[C@H]1[C@@H]1COCCN1C(=O)c1ccc(C(N)=O)cc1. The van der Waals surface area contributed by atoms with Crippen LogP contribution in [-0.4, -0.2) is 67.0 Å². The van der Waals surface area contributed by atoms with Crippen molar-refractivity contribution < 1.29 is 14.3 Å². The van der Waals surface area contributed by atoms with E-state index in [1.54, 1.807) is 24.3 Å². The van der Waals surface area contributed by atoms with Gasteiger partial charge < -0.3 is 20.3 Å². The first-order valence-corrected chi connectivity index (χ1v) is 8.07. The first-order chi connectivity index (χ1) is 11.1. The molecular formula is C17H23N3O3. The topological polar surface area (TPSA) is 75.9 Å². The molecule has 2 aliphatic rings. The Labute approximate surface area is 136 Å². The zero-order valence-electron chi connectivity index (χ0n) is 13.4. The number of ether oxygens (including phenoxy) is 1. The Hall–Kier alpha value is -1.92. The molecule has 0 spiro atoms. The van der Waals surface area contributed by atoms with E-state index in [1.165, 1.54) is 0 Å². The fraction of sp³-hybridized carbons (Fsp3) is 0.529. The molecule has 2 saturated heterocycles.